The molecular formula is C20H31N3O. The maximum atomic E-state index is 12.5. The molecule has 2 fully saturated rings. The van der Waals surface area contributed by atoms with Gasteiger partial charge >= 0.3 is 6.03 Å². The number of nitrogens with zero attached hydrogens (tertiary/aromatic N) is 2. The molecule has 1 aliphatic carbocycles. The van der Waals surface area contributed by atoms with Gasteiger partial charge in [0.25, 0.3) is 0 Å². The first-order chi connectivity index (χ1) is 11.6. The minimum Gasteiger partial charge on any atom is -0.338 e. The minimum atomic E-state index is -0.0744. The fourth-order valence-electron chi connectivity index (χ4n) is 3.71. The summed E-state index contributed by atoms with van der Waals surface area (Å²) in [7, 11) is 0. The van der Waals surface area contributed by atoms with Crippen LogP contribution in [-0.2, 0) is 6.42 Å². The molecule has 4 nitrogen and oxygen atoms in total. The van der Waals surface area contributed by atoms with Gasteiger partial charge in [0.15, 0.2) is 0 Å². The molecule has 3 rings (SSSR count). The quantitative estimate of drug-likeness (QED) is 0.813. The maximum absolute atomic E-state index is 12.5. The summed E-state index contributed by atoms with van der Waals surface area (Å²) in [4.78, 5) is 17.1. The van der Waals surface area contributed by atoms with E-state index in [4.69, 9.17) is 0 Å². The molecule has 0 radical (unpaired) electrons. The van der Waals surface area contributed by atoms with E-state index in [1.807, 2.05) is 4.90 Å². The van der Waals surface area contributed by atoms with Gasteiger partial charge in [-0.05, 0) is 51.5 Å². The number of unbranched alkanes of at least 4 members (excludes halogenated alkanes) is 1. The number of urea groups is 1. The molecule has 1 saturated heterocycles. The van der Waals surface area contributed by atoms with Crippen molar-refractivity contribution in [2.45, 2.75) is 57.5 Å². The Hall–Kier alpha value is -1.55. The Morgan fingerprint density at radius 3 is 2.58 bits per heavy atom. The van der Waals surface area contributed by atoms with E-state index in [0.717, 1.165) is 51.5 Å². The Morgan fingerprint density at radius 2 is 1.92 bits per heavy atom. The highest BCUT2D eigenvalue weighted by Crippen LogP contribution is 2.31. The second-order valence-corrected chi connectivity index (χ2v) is 7.84. The van der Waals surface area contributed by atoms with E-state index in [-0.39, 0.29) is 11.6 Å². The highest BCUT2D eigenvalue weighted by atomic mass is 16.2. The van der Waals surface area contributed by atoms with Crippen molar-refractivity contribution in [1.29, 1.82) is 0 Å². The summed E-state index contributed by atoms with van der Waals surface area (Å²) >= 11 is 0. The number of piperazine rings is 1. The second-order valence-electron chi connectivity index (χ2n) is 7.84. The van der Waals surface area contributed by atoms with E-state index in [0.29, 0.717) is 0 Å². The molecule has 1 N–H and O–H groups in total. The predicted octanol–water partition coefficient (Wildman–Crippen LogP) is 3.28. The van der Waals surface area contributed by atoms with Crippen LogP contribution in [-0.4, -0.2) is 53.6 Å². The summed E-state index contributed by atoms with van der Waals surface area (Å²) in [5.74, 6) is 0. The number of nitrogens with one attached hydrogen (secondary N) is 1. The molecule has 0 bridgehead atoms. The molecule has 0 aromatic heterocycles. The summed E-state index contributed by atoms with van der Waals surface area (Å²) in [5.41, 5.74) is 1.30. The lowest BCUT2D eigenvalue weighted by Crippen LogP contribution is -2.63. The zero-order chi connectivity index (χ0) is 17.0. The third-order valence-electron chi connectivity index (χ3n) is 5.25. The molecule has 1 saturated carbocycles. The van der Waals surface area contributed by atoms with Crippen molar-refractivity contribution < 1.29 is 4.79 Å². The fraction of sp³-hybridized carbons (Fsp3) is 0.650. The van der Waals surface area contributed by atoms with Crippen LogP contribution in [0.2, 0.25) is 0 Å². The molecule has 0 unspecified atom stereocenters. The number of amides is 2. The van der Waals surface area contributed by atoms with E-state index in [1.54, 1.807) is 0 Å². The van der Waals surface area contributed by atoms with Gasteiger partial charge in [-0.3, -0.25) is 4.90 Å². The van der Waals surface area contributed by atoms with Crippen LogP contribution in [0.4, 0.5) is 4.79 Å². The van der Waals surface area contributed by atoms with Crippen LogP contribution in [0.1, 0.15) is 45.1 Å². The molecule has 132 valence electrons. The van der Waals surface area contributed by atoms with Crippen LogP contribution >= 0.6 is 0 Å². The molecule has 1 aliphatic heterocycles. The number of aryl methyl sites for hydroxylation is 1. The topological polar surface area (TPSA) is 35.6 Å². The summed E-state index contributed by atoms with van der Waals surface area (Å²) in [6.07, 6.45) is 5.90. The van der Waals surface area contributed by atoms with Crippen molar-refractivity contribution in [2.75, 3.05) is 26.2 Å². The van der Waals surface area contributed by atoms with E-state index in [9.17, 15) is 4.79 Å². The molecule has 24 heavy (non-hydrogen) atoms. The van der Waals surface area contributed by atoms with Gasteiger partial charge in [0.05, 0.1) is 5.54 Å². The maximum Gasteiger partial charge on any atom is 0.317 e. The van der Waals surface area contributed by atoms with E-state index >= 15 is 0 Å². The standard InChI is InChI=1S/C20H31N3O/c1-20(2)16-22(18-11-12-18)14-15-23(20)19(24)21-13-7-6-10-17-8-4-3-5-9-17/h3-5,8-9,18H,6-7,10-16H2,1-2H3,(H,21,24). The van der Waals surface area contributed by atoms with Crippen molar-refractivity contribution in [1.82, 2.24) is 15.1 Å². The van der Waals surface area contributed by atoms with Crippen LogP contribution in [0.3, 0.4) is 0 Å². The fourth-order valence-corrected chi connectivity index (χ4v) is 3.71. The van der Waals surface area contributed by atoms with E-state index in [2.05, 4.69) is 54.4 Å². The minimum absolute atomic E-state index is 0.0744. The van der Waals surface area contributed by atoms with Crippen molar-refractivity contribution in [2.24, 2.45) is 0 Å². The first-order valence-electron chi connectivity index (χ1n) is 9.40. The smallest absolute Gasteiger partial charge is 0.317 e. The normalized spacial score (nSPS) is 20.8. The Morgan fingerprint density at radius 1 is 1.17 bits per heavy atom. The predicted molar refractivity (Wildman–Crippen MR) is 98.2 cm³/mol. The SMILES string of the molecule is CC1(C)CN(C2CC2)CCN1C(=O)NCCCCc1ccccc1. The lowest BCUT2D eigenvalue weighted by Gasteiger charge is -2.47. The van der Waals surface area contributed by atoms with Crippen LogP contribution < -0.4 is 5.32 Å². The number of benzene rings is 1. The molecule has 1 heterocycles. The highest BCUT2D eigenvalue weighted by Gasteiger charge is 2.41. The molecule has 2 amide bonds. The lowest BCUT2D eigenvalue weighted by atomic mass is 9.99. The molecule has 0 spiro atoms. The lowest BCUT2D eigenvalue weighted by molar-refractivity contribution is 0.0425. The largest absolute Gasteiger partial charge is 0.338 e. The van der Waals surface area contributed by atoms with Gasteiger partial charge < -0.3 is 10.2 Å². The molecule has 2 aliphatic rings. The Kier molecular flexibility index (Phi) is 5.44. The second kappa shape index (κ2) is 7.56. The van der Waals surface area contributed by atoms with Gasteiger partial charge in [0, 0.05) is 32.2 Å². The third-order valence-corrected chi connectivity index (χ3v) is 5.25. The monoisotopic (exact) mass is 329 g/mol. The number of carbonyl (C=O) groups is 1. The van der Waals surface area contributed by atoms with E-state index in [1.165, 1.54) is 18.4 Å². The number of hydrogen-bond donors (Lipinski definition) is 1. The molecule has 1 aromatic rings. The third kappa shape index (κ3) is 4.50. The summed E-state index contributed by atoms with van der Waals surface area (Å²) in [6, 6.07) is 11.4. The number of hydrogen-bond acceptors (Lipinski definition) is 2. The molecule has 0 atom stereocenters. The molecule has 1 aromatic carbocycles. The van der Waals surface area contributed by atoms with Crippen LogP contribution in [0.5, 0.6) is 0 Å². The zero-order valence-electron chi connectivity index (χ0n) is 15.1. The van der Waals surface area contributed by atoms with Crippen molar-refractivity contribution in [3.8, 4) is 0 Å². The first-order valence-corrected chi connectivity index (χ1v) is 9.40. The highest BCUT2D eigenvalue weighted by molar-refractivity contribution is 5.75. The average molecular weight is 329 g/mol. The number of carbonyl (C=O) groups excluding carboxylic acids is 1. The van der Waals surface area contributed by atoms with Gasteiger partial charge in [-0.2, -0.15) is 0 Å². The Bertz CT molecular complexity index is 539. The van der Waals surface area contributed by atoms with Crippen LogP contribution in [0.15, 0.2) is 30.3 Å². The van der Waals surface area contributed by atoms with Gasteiger partial charge in [-0.1, -0.05) is 30.3 Å². The van der Waals surface area contributed by atoms with Gasteiger partial charge in [0.1, 0.15) is 0 Å². The van der Waals surface area contributed by atoms with Gasteiger partial charge in [-0.15, -0.1) is 0 Å². The first kappa shape index (κ1) is 17.3. The summed E-state index contributed by atoms with van der Waals surface area (Å²) in [5, 5.41) is 3.12. The van der Waals surface area contributed by atoms with Crippen molar-refractivity contribution in [3.63, 3.8) is 0 Å². The Labute approximate surface area is 146 Å². The number of rotatable bonds is 6. The summed E-state index contributed by atoms with van der Waals surface area (Å²) in [6.45, 7) is 8.02. The van der Waals surface area contributed by atoms with E-state index < -0.39 is 0 Å². The Balaban J connectivity index is 1.37. The van der Waals surface area contributed by atoms with Gasteiger partial charge in [0.2, 0.25) is 0 Å². The zero-order valence-corrected chi connectivity index (χ0v) is 15.1. The van der Waals surface area contributed by atoms with Crippen molar-refractivity contribution in [3.05, 3.63) is 35.9 Å². The van der Waals surface area contributed by atoms with Crippen LogP contribution in [0, 0.1) is 0 Å². The average Bonchev–Trinajstić information content (AvgIpc) is 3.39. The molecule has 4 heteroatoms. The molecular weight excluding hydrogens is 298 g/mol. The van der Waals surface area contributed by atoms with Gasteiger partial charge in [-0.25, -0.2) is 4.79 Å². The summed E-state index contributed by atoms with van der Waals surface area (Å²) < 4.78 is 0. The van der Waals surface area contributed by atoms with Crippen LogP contribution in [0.25, 0.3) is 0 Å². The van der Waals surface area contributed by atoms with Crippen molar-refractivity contribution >= 4 is 6.03 Å².